The summed E-state index contributed by atoms with van der Waals surface area (Å²) in [4.78, 5) is 18.5. The van der Waals surface area contributed by atoms with Crippen molar-refractivity contribution in [2.75, 3.05) is 40.5 Å². The molecule has 2 aliphatic rings. The third-order valence-corrected chi connectivity index (χ3v) is 7.00. The van der Waals surface area contributed by atoms with E-state index in [-0.39, 0.29) is 12.5 Å². The quantitative estimate of drug-likeness (QED) is 0.747. The molecule has 1 amide bonds. The van der Waals surface area contributed by atoms with E-state index in [1.54, 1.807) is 14.2 Å². The first kappa shape index (κ1) is 19.4. The van der Waals surface area contributed by atoms with Crippen molar-refractivity contribution < 1.29 is 14.3 Å². The summed E-state index contributed by atoms with van der Waals surface area (Å²) in [6.07, 6.45) is 1.03. The van der Waals surface area contributed by atoms with E-state index in [0.717, 1.165) is 38.3 Å². The zero-order valence-corrected chi connectivity index (χ0v) is 17.4. The molecule has 2 saturated heterocycles. The summed E-state index contributed by atoms with van der Waals surface area (Å²) in [6, 6.07) is 13.3. The number of carbonyl (C=O) groups excluding carboxylic acids is 1. The summed E-state index contributed by atoms with van der Waals surface area (Å²) in [5, 5.41) is 2.15. The molecule has 2 aromatic rings. The molecule has 28 heavy (non-hydrogen) atoms. The number of carbonyl (C=O) groups is 1. The zero-order chi connectivity index (χ0) is 19.5. The molecule has 0 aliphatic carbocycles. The van der Waals surface area contributed by atoms with E-state index in [1.165, 1.54) is 10.4 Å². The first-order valence-electron chi connectivity index (χ1n) is 9.86. The third kappa shape index (κ3) is 3.95. The third-order valence-electron chi connectivity index (χ3n) is 6.14. The highest BCUT2D eigenvalue weighted by Gasteiger charge is 2.45. The number of amides is 1. The van der Waals surface area contributed by atoms with E-state index in [0.29, 0.717) is 17.9 Å². The normalized spacial score (nSPS) is 24.9. The summed E-state index contributed by atoms with van der Waals surface area (Å²) in [7, 11) is 3.28. The van der Waals surface area contributed by atoms with Gasteiger partial charge >= 0.3 is 0 Å². The summed E-state index contributed by atoms with van der Waals surface area (Å²) in [5.74, 6) is 1.86. The number of rotatable bonds is 6. The number of nitrogens with zero attached hydrogens (tertiary/aromatic N) is 2. The minimum absolute atomic E-state index is 0.103. The first-order valence-corrected chi connectivity index (χ1v) is 10.7. The van der Waals surface area contributed by atoms with Crippen LogP contribution in [0.1, 0.15) is 22.8 Å². The maximum atomic E-state index is 12.4. The lowest BCUT2D eigenvalue weighted by Gasteiger charge is -2.39. The SMILES string of the molecule is COCC(=O)N1CC[C@@H]2[C@H](C1)[C@@H](c1ccc(OC)cc1)CN2Cc1cccs1. The molecule has 6 heteroatoms. The number of benzene rings is 1. The van der Waals surface area contributed by atoms with Crippen LogP contribution < -0.4 is 4.74 Å². The fourth-order valence-electron chi connectivity index (χ4n) is 4.77. The second-order valence-corrected chi connectivity index (χ2v) is 8.71. The van der Waals surface area contributed by atoms with Gasteiger partial charge < -0.3 is 14.4 Å². The number of hydrogen-bond acceptors (Lipinski definition) is 5. The molecule has 150 valence electrons. The van der Waals surface area contributed by atoms with Gasteiger partial charge in [0.05, 0.1) is 7.11 Å². The summed E-state index contributed by atoms with van der Waals surface area (Å²) >= 11 is 1.82. The van der Waals surface area contributed by atoms with Crippen LogP contribution >= 0.6 is 11.3 Å². The molecule has 0 saturated carbocycles. The van der Waals surface area contributed by atoms with Gasteiger partial charge in [-0.3, -0.25) is 9.69 Å². The minimum Gasteiger partial charge on any atom is -0.497 e. The number of thiophene rings is 1. The summed E-state index contributed by atoms with van der Waals surface area (Å²) in [5.41, 5.74) is 1.34. The highest BCUT2D eigenvalue weighted by molar-refractivity contribution is 7.09. The summed E-state index contributed by atoms with van der Waals surface area (Å²) < 4.78 is 10.4. The minimum atomic E-state index is 0.103. The van der Waals surface area contributed by atoms with Crippen LogP contribution in [0.15, 0.2) is 41.8 Å². The van der Waals surface area contributed by atoms with Gasteiger partial charge in [0.15, 0.2) is 0 Å². The van der Waals surface area contributed by atoms with Crippen LogP contribution in [-0.4, -0.2) is 62.2 Å². The van der Waals surface area contributed by atoms with Gasteiger partial charge in [0.2, 0.25) is 5.91 Å². The highest BCUT2D eigenvalue weighted by atomic mass is 32.1. The van der Waals surface area contributed by atoms with Gasteiger partial charge in [0, 0.05) is 56.0 Å². The Morgan fingerprint density at radius 3 is 2.68 bits per heavy atom. The van der Waals surface area contributed by atoms with Crippen LogP contribution in [0.5, 0.6) is 5.75 Å². The van der Waals surface area contributed by atoms with E-state index in [1.807, 2.05) is 28.4 Å². The van der Waals surface area contributed by atoms with Gasteiger partial charge in [-0.25, -0.2) is 0 Å². The van der Waals surface area contributed by atoms with Gasteiger partial charge in [-0.1, -0.05) is 18.2 Å². The topological polar surface area (TPSA) is 42.0 Å². The van der Waals surface area contributed by atoms with Crippen LogP contribution in [0.3, 0.4) is 0 Å². The standard InChI is InChI=1S/C22H28N2O3S/c1-26-15-22(25)23-10-9-21-20(14-23)19(16-5-7-17(27-2)8-6-16)13-24(21)12-18-4-3-11-28-18/h3-8,11,19-21H,9-10,12-15H2,1-2H3/t19-,20-,21-/m1/s1. The molecule has 3 heterocycles. The van der Waals surface area contributed by atoms with Crippen molar-refractivity contribution in [3.63, 3.8) is 0 Å². The molecular formula is C22H28N2O3S. The number of methoxy groups -OCH3 is 2. The van der Waals surface area contributed by atoms with Crippen molar-refractivity contribution in [3.8, 4) is 5.75 Å². The second kappa shape index (κ2) is 8.64. The monoisotopic (exact) mass is 400 g/mol. The molecule has 0 unspecified atom stereocenters. The molecule has 1 aromatic heterocycles. The molecular weight excluding hydrogens is 372 g/mol. The lowest BCUT2D eigenvalue weighted by atomic mass is 9.81. The Hall–Kier alpha value is -1.89. The fourth-order valence-corrected chi connectivity index (χ4v) is 5.50. The van der Waals surface area contributed by atoms with Crippen molar-refractivity contribution in [2.45, 2.75) is 24.9 Å². The van der Waals surface area contributed by atoms with Crippen molar-refractivity contribution in [3.05, 3.63) is 52.2 Å². The number of hydrogen-bond donors (Lipinski definition) is 0. The van der Waals surface area contributed by atoms with Crippen LogP contribution in [0.4, 0.5) is 0 Å². The molecule has 1 aromatic carbocycles. The number of ether oxygens (including phenoxy) is 2. The molecule has 0 bridgehead atoms. The van der Waals surface area contributed by atoms with Crippen molar-refractivity contribution in [1.29, 1.82) is 0 Å². The zero-order valence-electron chi connectivity index (χ0n) is 16.5. The lowest BCUT2D eigenvalue weighted by molar-refractivity contribution is -0.137. The Kier molecular flexibility index (Phi) is 5.99. The van der Waals surface area contributed by atoms with Gasteiger partial charge in [0.25, 0.3) is 0 Å². The average molecular weight is 401 g/mol. The molecule has 3 atom stereocenters. The van der Waals surface area contributed by atoms with Crippen molar-refractivity contribution in [1.82, 2.24) is 9.80 Å². The molecule has 2 aliphatic heterocycles. The Morgan fingerprint density at radius 2 is 2.00 bits per heavy atom. The second-order valence-electron chi connectivity index (χ2n) is 7.68. The van der Waals surface area contributed by atoms with E-state index < -0.39 is 0 Å². The van der Waals surface area contributed by atoms with Gasteiger partial charge in [-0.2, -0.15) is 0 Å². The average Bonchev–Trinajstić information content (AvgIpc) is 3.36. The Morgan fingerprint density at radius 1 is 1.18 bits per heavy atom. The van der Waals surface area contributed by atoms with Crippen molar-refractivity contribution in [2.24, 2.45) is 5.92 Å². The van der Waals surface area contributed by atoms with Crippen LogP contribution in [0, 0.1) is 5.92 Å². The van der Waals surface area contributed by atoms with E-state index in [9.17, 15) is 4.79 Å². The smallest absolute Gasteiger partial charge is 0.248 e. The molecule has 0 N–H and O–H groups in total. The summed E-state index contributed by atoms with van der Waals surface area (Å²) in [6.45, 7) is 3.83. The largest absolute Gasteiger partial charge is 0.497 e. The van der Waals surface area contributed by atoms with Crippen LogP contribution in [-0.2, 0) is 16.1 Å². The molecule has 0 spiro atoms. The number of likely N-dealkylation sites (tertiary alicyclic amines) is 2. The fraction of sp³-hybridized carbons (Fsp3) is 0.500. The first-order chi connectivity index (χ1) is 13.7. The molecule has 2 fully saturated rings. The van der Waals surface area contributed by atoms with Gasteiger partial charge in [-0.05, 0) is 35.6 Å². The number of piperidine rings is 1. The van der Waals surface area contributed by atoms with Gasteiger partial charge in [-0.15, -0.1) is 11.3 Å². The Balaban J connectivity index is 1.56. The van der Waals surface area contributed by atoms with Crippen LogP contribution in [0.2, 0.25) is 0 Å². The van der Waals surface area contributed by atoms with E-state index in [2.05, 4.69) is 34.5 Å². The predicted molar refractivity (Wildman–Crippen MR) is 111 cm³/mol. The van der Waals surface area contributed by atoms with Gasteiger partial charge in [0.1, 0.15) is 12.4 Å². The maximum Gasteiger partial charge on any atom is 0.248 e. The Labute approximate surface area is 170 Å². The lowest BCUT2D eigenvalue weighted by Crippen LogP contribution is -2.49. The predicted octanol–water partition coefficient (Wildman–Crippen LogP) is 3.22. The van der Waals surface area contributed by atoms with Crippen molar-refractivity contribution >= 4 is 17.2 Å². The highest BCUT2D eigenvalue weighted by Crippen LogP contribution is 2.42. The molecule has 4 rings (SSSR count). The maximum absolute atomic E-state index is 12.4. The van der Waals surface area contributed by atoms with E-state index in [4.69, 9.17) is 9.47 Å². The molecule has 5 nitrogen and oxygen atoms in total. The number of fused-ring (bicyclic) bond motifs is 1. The van der Waals surface area contributed by atoms with E-state index >= 15 is 0 Å². The van der Waals surface area contributed by atoms with Crippen LogP contribution in [0.25, 0.3) is 0 Å². The molecule has 0 radical (unpaired) electrons. The Bertz CT molecular complexity index is 778.